The summed E-state index contributed by atoms with van der Waals surface area (Å²) in [6, 6.07) is 0. The summed E-state index contributed by atoms with van der Waals surface area (Å²) in [6.45, 7) is 15.1. The SMILES string of the molecule is C=C/C=C\C=C(/C)N1CCCN(Cc2cncc(N=C(CCC)c3nonc3N)c2C)CC1. The van der Waals surface area contributed by atoms with Crippen molar-refractivity contribution in [3.63, 3.8) is 0 Å². The Labute approximate surface area is 196 Å². The number of aliphatic imine (C=N–C) groups is 1. The number of nitrogen functional groups attached to an aromatic ring is 1. The first kappa shape index (κ1) is 24.4. The minimum absolute atomic E-state index is 0.266. The van der Waals surface area contributed by atoms with Crippen LogP contribution in [0, 0.1) is 6.92 Å². The van der Waals surface area contributed by atoms with Gasteiger partial charge in [0.25, 0.3) is 0 Å². The van der Waals surface area contributed by atoms with Gasteiger partial charge in [-0.15, -0.1) is 0 Å². The summed E-state index contributed by atoms with van der Waals surface area (Å²) in [6.07, 6.45) is 14.5. The van der Waals surface area contributed by atoms with Gasteiger partial charge in [-0.25, -0.2) is 9.62 Å². The molecule has 0 aliphatic carbocycles. The highest BCUT2D eigenvalue weighted by molar-refractivity contribution is 6.03. The summed E-state index contributed by atoms with van der Waals surface area (Å²) in [7, 11) is 0. The van der Waals surface area contributed by atoms with E-state index in [4.69, 9.17) is 15.4 Å². The quantitative estimate of drug-likeness (QED) is 0.447. The fraction of sp³-hybridized carbons (Fsp3) is 0.440. The van der Waals surface area contributed by atoms with E-state index in [9.17, 15) is 0 Å². The normalized spacial score (nSPS) is 16.4. The van der Waals surface area contributed by atoms with Crippen LogP contribution >= 0.6 is 0 Å². The molecule has 0 bridgehead atoms. The first-order valence-corrected chi connectivity index (χ1v) is 11.6. The summed E-state index contributed by atoms with van der Waals surface area (Å²) < 4.78 is 4.79. The number of hydrogen-bond donors (Lipinski definition) is 1. The topological polar surface area (TPSA) is 96.7 Å². The molecule has 2 aromatic rings. The third-order valence-electron chi connectivity index (χ3n) is 5.89. The van der Waals surface area contributed by atoms with Crippen molar-refractivity contribution in [3.05, 3.63) is 65.8 Å². The van der Waals surface area contributed by atoms with Gasteiger partial charge in [0, 0.05) is 44.6 Å². The van der Waals surface area contributed by atoms with Crippen LogP contribution in [0.1, 0.15) is 49.9 Å². The van der Waals surface area contributed by atoms with Gasteiger partial charge in [0.05, 0.1) is 17.6 Å². The van der Waals surface area contributed by atoms with Crippen LogP contribution in [0.4, 0.5) is 11.5 Å². The first-order valence-electron chi connectivity index (χ1n) is 11.6. The molecule has 1 aliphatic rings. The largest absolute Gasteiger partial charge is 0.379 e. The van der Waals surface area contributed by atoms with Gasteiger partial charge in [0.15, 0.2) is 11.5 Å². The molecule has 1 saturated heterocycles. The second-order valence-corrected chi connectivity index (χ2v) is 8.29. The van der Waals surface area contributed by atoms with Gasteiger partial charge in [0.2, 0.25) is 0 Å². The number of pyridine rings is 1. The molecule has 0 aromatic carbocycles. The van der Waals surface area contributed by atoms with Gasteiger partial charge in [0.1, 0.15) is 0 Å². The molecule has 0 amide bonds. The average Bonchev–Trinajstić information content (AvgIpc) is 3.09. The Morgan fingerprint density at radius 2 is 2.06 bits per heavy atom. The standard InChI is InChI=1S/C25H35N7O/c1-5-7-8-11-19(3)32-13-9-12-31(14-15-32)18-21-16-27-17-23(20(21)4)28-22(10-6-2)24-25(26)30-33-29-24/h5,7-8,11,16-17H,1,6,9-10,12-15,18H2,2-4H3,(H2,26,30)/b8-7-,19-11+,28-22?. The Morgan fingerprint density at radius 3 is 2.79 bits per heavy atom. The van der Waals surface area contributed by atoms with Crippen molar-refractivity contribution in [2.45, 2.75) is 46.6 Å². The lowest BCUT2D eigenvalue weighted by Crippen LogP contribution is -2.29. The Kier molecular flexibility index (Phi) is 8.95. The Bertz CT molecular complexity index is 1020. The van der Waals surface area contributed by atoms with E-state index >= 15 is 0 Å². The molecule has 1 aliphatic heterocycles. The van der Waals surface area contributed by atoms with Crippen LogP contribution in [0.3, 0.4) is 0 Å². The first-order chi connectivity index (χ1) is 16.0. The molecule has 8 heteroatoms. The molecule has 3 rings (SSSR count). The van der Waals surface area contributed by atoms with Crippen LogP contribution in [0.5, 0.6) is 0 Å². The fourth-order valence-electron chi connectivity index (χ4n) is 3.93. The number of nitrogens with two attached hydrogens (primary N) is 1. The third-order valence-corrected chi connectivity index (χ3v) is 5.89. The van der Waals surface area contributed by atoms with Gasteiger partial charge in [-0.1, -0.05) is 38.2 Å². The summed E-state index contributed by atoms with van der Waals surface area (Å²) in [5.41, 5.74) is 11.6. The second-order valence-electron chi connectivity index (χ2n) is 8.29. The molecular weight excluding hydrogens is 414 g/mol. The number of hydrogen-bond acceptors (Lipinski definition) is 8. The molecule has 33 heavy (non-hydrogen) atoms. The van der Waals surface area contributed by atoms with Crippen molar-refractivity contribution >= 4 is 17.2 Å². The summed E-state index contributed by atoms with van der Waals surface area (Å²) in [4.78, 5) is 14.3. The van der Waals surface area contributed by atoms with Crippen molar-refractivity contribution < 1.29 is 4.63 Å². The van der Waals surface area contributed by atoms with E-state index in [0.717, 1.165) is 68.9 Å². The smallest absolute Gasteiger partial charge is 0.197 e. The molecule has 0 spiro atoms. The zero-order valence-corrected chi connectivity index (χ0v) is 20.0. The van der Waals surface area contributed by atoms with Crippen LogP contribution in [0.15, 0.2) is 58.6 Å². The predicted octanol–water partition coefficient (Wildman–Crippen LogP) is 4.43. The van der Waals surface area contributed by atoms with Crippen LogP contribution in [0.25, 0.3) is 0 Å². The van der Waals surface area contributed by atoms with Gasteiger partial charge in [-0.3, -0.25) is 9.88 Å². The zero-order valence-electron chi connectivity index (χ0n) is 20.0. The molecule has 1 fully saturated rings. The Hall–Kier alpha value is -3.26. The Morgan fingerprint density at radius 1 is 1.21 bits per heavy atom. The van der Waals surface area contributed by atoms with Crippen molar-refractivity contribution in [3.8, 4) is 0 Å². The number of allylic oxidation sites excluding steroid dienone is 5. The monoisotopic (exact) mass is 449 g/mol. The Balaban J connectivity index is 1.73. The summed E-state index contributed by atoms with van der Waals surface area (Å²) >= 11 is 0. The number of rotatable bonds is 9. The average molecular weight is 450 g/mol. The molecular formula is C25H35N7O. The van der Waals surface area contributed by atoms with Crippen molar-refractivity contribution in [1.82, 2.24) is 25.1 Å². The number of anilines is 1. The van der Waals surface area contributed by atoms with Crippen molar-refractivity contribution in [2.24, 2.45) is 4.99 Å². The third kappa shape index (κ3) is 6.61. The predicted molar refractivity (Wildman–Crippen MR) is 133 cm³/mol. The molecule has 0 atom stereocenters. The van der Waals surface area contributed by atoms with E-state index in [1.165, 1.54) is 11.3 Å². The molecule has 3 heterocycles. The minimum atomic E-state index is 0.266. The molecule has 0 unspecified atom stereocenters. The second kappa shape index (κ2) is 12.1. The molecule has 0 saturated carbocycles. The molecule has 2 aromatic heterocycles. The van der Waals surface area contributed by atoms with Crippen molar-refractivity contribution in [2.75, 3.05) is 31.9 Å². The lowest BCUT2D eigenvalue weighted by molar-refractivity contribution is 0.270. The number of nitrogens with zero attached hydrogens (tertiary/aromatic N) is 6. The zero-order chi connectivity index (χ0) is 23.6. The van der Waals surface area contributed by atoms with Crippen LogP contribution in [-0.4, -0.2) is 57.0 Å². The lowest BCUT2D eigenvalue weighted by Gasteiger charge is -2.24. The van der Waals surface area contributed by atoms with Crippen LogP contribution in [-0.2, 0) is 6.54 Å². The van der Waals surface area contributed by atoms with Gasteiger partial charge in [-0.05, 0) is 54.2 Å². The highest BCUT2D eigenvalue weighted by Gasteiger charge is 2.18. The van der Waals surface area contributed by atoms with E-state index in [1.54, 1.807) is 12.3 Å². The molecule has 0 radical (unpaired) electrons. The van der Waals surface area contributed by atoms with E-state index in [-0.39, 0.29) is 5.82 Å². The number of aromatic nitrogens is 3. The highest BCUT2D eigenvalue weighted by Crippen LogP contribution is 2.25. The fourth-order valence-corrected chi connectivity index (χ4v) is 3.93. The maximum Gasteiger partial charge on any atom is 0.197 e. The molecule has 8 nitrogen and oxygen atoms in total. The van der Waals surface area contributed by atoms with E-state index in [1.807, 2.05) is 18.3 Å². The molecule has 2 N–H and O–H groups in total. The van der Waals surface area contributed by atoms with Gasteiger partial charge in [-0.2, -0.15) is 0 Å². The van der Waals surface area contributed by atoms with Crippen molar-refractivity contribution in [1.29, 1.82) is 0 Å². The summed E-state index contributed by atoms with van der Waals surface area (Å²) in [5.74, 6) is 0.266. The van der Waals surface area contributed by atoms with Crippen LogP contribution in [0.2, 0.25) is 0 Å². The lowest BCUT2D eigenvalue weighted by atomic mass is 10.1. The minimum Gasteiger partial charge on any atom is -0.379 e. The maximum atomic E-state index is 5.91. The summed E-state index contributed by atoms with van der Waals surface area (Å²) in [5, 5.41) is 7.64. The van der Waals surface area contributed by atoms with E-state index in [0.29, 0.717) is 5.69 Å². The van der Waals surface area contributed by atoms with Gasteiger partial charge >= 0.3 is 0 Å². The maximum absolute atomic E-state index is 5.91. The molecule has 176 valence electrons. The van der Waals surface area contributed by atoms with E-state index < -0.39 is 0 Å². The highest BCUT2D eigenvalue weighted by atomic mass is 16.6. The van der Waals surface area contributed by atoms with Gasteiger partial charge < -0.3 is 10.6 Å². The van der Waals surface area contributed by atoms with E-state index in [2.05, 4.69) is 58.5 Å². The van der Waals surface area contributed by atoms with Crippen LogP contribution < -0.4 is 5.73 Å².